The van der Waals surface area contributed by atoms with Crippen LogP contribution in [0.15, 0.2) is 48.5 Å². The molecular formula is C16H18OS. The lowest BCUT2D eigenvalue weighted by atomic mass is 10.1. The van der Waals surface area contributed by atoms with Crippen molar-refractivity contribution in [2.75, 3.05) is 0 Å². The van der Waals surface area contributed by atoms with Crippen molar-refractivity contribution in [1.82, 2.24) is 0 Å². The van der Waals surface area contributed by atoms with E-state index in [1.165, 1.54) is 16.7 Å². The van der Waals surface area contributed by atoms with Crippen molar-refractivity contribution in [1.29, 1.82) is 0 Å². The van der Waals surface area contributed by atoms with E-state index in [0.717, 1.165) is 5.56 Å². The Balaban J connectivity index is 2.03. The zero-order chi connectivity index (χ0) is 13.0. The highest BCUT2D eigenvalue weighted by atomic mass is 32.2. The molecule has 0 saturated carbocycles. The molecule has 0 N–H and O–H groups in total. The minimum absolute atomic E-state index is 0.635. The van der Waals surface area contributed by atoms with Gasteiger partial charge in [-0.2, -0.15) is 0 Å². The summed E-state index contributed by atoms with van der Waals surface area (Å²) in [5, 5.41) is 0. The van der Waals surface area contributed by atoms with Crippen molar-refractivity contribution >= 4 is 10.8 Å². The zero-order valence-corrected chi connectivity index (χ0v) is 11.7. The molecule has 0 aromatic heterocycles. The molecule has 18 heavy (non-hydrogen) atoms. The Bertz CT molecular complexity index is 561. The second-order valence-electron chi connectivity index (χ2n) is 4.64. The highest BCUT2D eigenvalue weighted by Crippen LogP contribution is 2.13. The van der Waals surface area contributed by atoms with Crippen LogP contribution in [0.3, 0.4) is 0 Å². The van der Waals surface area contributed by atoms with Crippen LogP contribution in [0.2, 0.25) is 0 Å². The van der Waals surface area contributed by atoms with Gasteiger partial charge in [0.15, 0.2) is 0 Å². The summed E-state index contributed by atoms with van der Waals surface area (Å²) < 4.78 is 12.2. The summed E-state index contributed by atoms with van der Waals surface area (Å²) >= 11 is 0. The third-order valence-corrected chi connectivity index (χ3v) is 4.28. The maximum absolute atomic E-state index is 12.2. The van der Waals surface area contributed by atoms with Gasteiger partial charge in [-0.25, -0.2) is 0 Å². The van der Waals surface area contributed by atoms with E-state index < -0.39 is 10.8 Å². The molecular weight excluding hydrogens is 240 g/mol. The lowest BCUT2D eigenvalue weighted by molar-refractivity contribution is 0.682. The van der Waals surface area contributed by atoms with Crippen LogP contribution in [0, 0.1) is 13.8 Å². The zero-order valence-electron chi connectivity index (χ0n) is 10.8. The van der Waals surface area contributed by atoms with Gasteiger partial charge in [-0.3, -0.25) is 4.21 Å². The summed E-state index contributed by atoms with van der Waals surface area (Å²) in [4.78, 5) is 0. The normalized spacial score (nSPS) is 12.3. The van der Waals surface area contributed by atoms with E-state index in [2.05, 4.69) is 38.1 Å². The molecule has 1 atom stereocenters. The molecule has 0 saturated heterocycles. The van der Waals surface area contributed by atoms with Crippen LogP contribution >= 0.6 is 0 Å². The van der Waals surface area contributed by atoms with E-state index >= 15 is 0 Å². The molecule has 0 aliphatic carbocycles. The molecule has 1 nitrogen and oxygen atoms in total. The first kappa shape index (κ1) is 13.0. The van der Waals surface area contributed by atoms with Crippen LogP contribution in [0.5, 0.6) is 0 Å². The quantitative estimate of drug-likeness (QED) is 0.816. The van der Waals surface area contributed by atoms with Crippen LogP contribution in [-0.4, -0.2) is 4.21 Å². The third-order valence-electron chi connectivity index (χ3n) is 2.99. The summed E-state index contributed by atoms with van der Waals surface area (Å²) in [5.41, 5.74) is 4.78. The Morgan fingerprint density at radius 2 is 1.72 bits per heavy atom. The fourth-order valence-corrected chi connectivity index (χ4v) is 3.31. The maximum Gasteiger partial charge on any atom is 0.0491 e. The molecule has 0 heterocycles. The number of hydrogen-bond donors (Lipinski definition) is 0. The molecule has 1 unspecified atom stereocenters. The Labute approximate surface area is 111 Å². The lowest BCUT2D eigenvalue weighted by Gasteiger charge is -2.06. The van der Waals surface area contributed by atoms with Crippen LogP contribution in [-0.2, 0) is 22.3 Å². The SMILES string of the molecule is Cc1cccc(CS(=O)Cc2ccccc2C)c1. The first-order chi connectivity index (χ1) is 8.65. The Morgan fingerprint density at radius 3 is 2.44 bits per heavy atom. The third kappa shape index (κ3) is 3.54. The summed E-state index contributed by atoms with van der Waals surface area (Å²) in [6.07, 6.45) is 0. The monoisotopic (exact) mass is 258 g/mol. The molecule has 2 rings (SSSR count). The van der Waals surface area contributed by atoms with Crippen molar-refractivity contribution in [2.45, 2.75) is 25.4 Å². The van der Waals surface area contributed by atoms with Gasteiger partial charge in [-0.15, -0.1) is 0 Å². The van der Waals surface area contributed by atoms with Crippen LogP contribution in [0.1, 0.15) is 22.3 Å². The van der Waals surface area contributed by atoms with Crippen LogP contribution < -0.4 is 0 Å². The van der Waals surface area contributed by atoms with Crippen molar-refractivity contribution in [3.05, 3.63) is 70.8 Å². The maximum atomic E-state index is 12.2. The van der Waals surface area contributed by atoms with Crippen molar-refractivity contribution in [2.24, 2.45) is 0 Å². The van der Waals surface area contributed by atoms with Crippen molar-refractivity contribution < 1.29 is 4.21 Å². The molecule has 0 spiro atoms. The van der Waals surface area contributed by atoms with E-state index in [1.54, 1.807) is 0 Å². The van der Waals surface area contributed by atoms with Gasteiger partial charge in [-0.1, -0.05) is 54.1 Å². The molecule has 0 amide bonds. The standard InChI is InChI=1S/C16H18OS/c1-13-6-5-8-15(10-13)11-18(17)12-16-9-4-3-7-14(16)2/h3-10H,11-12H2,1-2H3. The minimum Gasteiger partial charge on any atom is -0.259 e. The van der Waals surface area contributed by atoms with E-state index in [0.29, 0.717) is 11.5 Å². The predicted octanol–water partition coefficient (Wildman–Crippen LogP) is 3.75. The van der Waals surface area contributed by atoms with Crippen molar-refractivity contribution in [3.63, 3.8) is 0 Å². The molecule has 0 bridgehead atoms. The molecule has 2 aromatic carbocycles. The summed E-state index contributed by atoms with van der Waals surface area (Å²) in [6.45, 7) is 4.13. The molecule has 2 aromatic rings. The number of benzene rings is 2. The molecule has 0 radical (unpaired) electrons. The average Bonchev–Trinajstić information content (AvgIpc) is 2.32. The van der Waals surface area contributed by atoms with Gasteiger partial charge in [0.2, 0.25) is 0 Å². The largest absolute Gasteiger partial charge is 0.259 e. The Hall–Kier alpha value is -1.41. The number of aryl methyl sites for hydroxylation is 2. The van der Waals surface area contributed by atoms with Gasteiger partial charge in [0.05, 0.1) is 0 Å². The van der Waals surface area contributed by atoms with Gasteiger partial charge >= 0.3 is 0 Å². The fourth-order valence-electron chi connectivity index (χ4n) is 1.98. The molecule has 2 heteroatoms. The summed E-state index contributed by atoms with van der Waals surface area (Å²) in [5.74, 6) is 1.27. The predicted molar refractivity (Wildman–Crippen MR) is 77.9 cm³/mol. The highest BCUT2D eigenvalue weighted by molar-refractivity contribution is 7.83. The first-order valence-corrected chi connectivity index (χ1v) is 7.59. The van der Waals surface area contributed by atoms with E-state index in [4.69, 9.17) is 0 Å². The van der Waals surface area contributed by atoms with E-state index in [1.807, 2.05) is 24.3 Å². The fraction of sp³-hybridized carbons (Fsp3) is 0.250. The second kappa shape index (κ2) is 5.96. The smallest absolute Gasteiger partial charge is 0.0491 e. The minimum atomic E-state index is -0.841. The van der Waals surface area contributed by atoms with Gasteiger partial charge in [-0.05, 0) is 30.5 Å². The molecule has 0 aliphatic rings. The van der Waals surface area contributed by atoms with Gasteiger partial charge in [0, 0.05) is 22.3 Å². The van der Waals surface area contributed by atoms with Crippen molar-refractivity contribution in [3.8, 4) is 0 Å². The average molecular weight is 258 g/mol. The molecule has 0 aliphatic heterocycles. The molecule has 94 valence electrons. The molecule has 0 fully saturated rings. The first-order valence-electron chi connectivity index (χ1n) is 6.10. The Kier molecular flexibility index (Phi) is 4.32. The van der Waals surface area contributed by atoms with E-state index in [9.17, 15) is 4.21 Å². The van der Waals surface area contributed by atoms with E-state index in [-0.39, 0.29) is 0 Å². The van der Waals surface area contributed by atoms with Gasteiger partial charge in [0.25, 0.3) is 0 Å². The Morgan fingerprint density at radius 1 is 0.944 bits per heavy atom. The van der Waals surface area contributed by atoms with Gasteiger partial charge in [0.1, 0.15) is 0 Å². The second-order valence-corrected chi connectivity index (χ2v) is 6.10. The highest BCUT2D eigenvalue weighted by Gasteiger charge is 2.05. The summed E-state index contributed by atoms with van der Waals surface area (Å²) in [6, 6.07) is 16.4. The number of rotatable bonds is 4. The summed E-state index contributed by atoms with van der Waals surface area (Å²) in [7, 11) is -0.841. The lowest BCUT2D eigenvalue weighted by Crippen LogP contribution is -2.01. The van der Waals surface area contributed by atoms with Crippen LogP contribution in [0.4, 0.5) is 0 Å². The topological polar surface area (TPSA) is 17.1 Å². The van der Waals surface area contributed by atoms with Crippen LogP contribution in [0.25, 0.3) is 0 Å². The van der Waals surface area contributed by atoms with Gasteiger partial charge < -0.3 is 0 Å². The number of hydrogen-bond acceptors (Lipinski definition) is 1.